The summed E-state index contributed by atoms with van der Waals surface area (Å²) in [6.45, 7) is 4.02. The number of carboxylic acid groups (broad SMARTS) is 1. The molecule has 168 valence electrons. The molecule has 7 N–H and O–H groups in total. The van der Waals surface area contributed by atoms with Crippen molar-refractivity contribution >= 4 is 21.9 Å². The van der Waals surface area contributed by atoms with Gasteiger partial charge in [0, 0.05) is 26.1 Å². The molecule has 2 aliphatic rings. The van der Waals surface area contributed by atoms with Crippen molar-refractivity contribution in [3.8, 4) is 0 Å². The molecule has 3 unspecified atom stereocenters. The minimum absolute atomic E-state index is 0.115. The van der Waals surface area contributed by atoms with E-state index in [9.17, 15) is 23.1 Å². The number of sulfonamides is 1. The molecule has 2 aliphatic heterocycles. The van der Waals surface area contributed by atoms with E-state index in [1.165, 1.54) is 0 Å². The molecule has 2 saturated heterocycles. The van der Waals surface area contributed by atoms with Gasteiger partial charge in [-0.15, -0.1) is 0 Å². The Hall–Kier alpha value is -1.35. The summed E-state index contributed by atoms with van der Waals surface area (Å²) in [5.41, 5.74) is 2.67. The standard InChI is InChI=1S/C16H32N6O6S/c1-2-8-29(26,27)22-13(15(24)25)10-20-14(23)12-9-11(28-21-12)4-3-5-17-16-18-6-7-19-16/h11-13,16-19,21-22H,2-10H2,1H3,(H,20,23)(H,24,25). The summed E-state index contributed by atoms with van der Waals surface area (Å²) in [4.78, 5) is 29.0. The third-order valence-electron chi connectivity index (χ3n) is 4.64. The van der Waals surface area contributed by atoms with Gasteiger partial charge < -0.3 is 10.4 Å². The lowest BCUT2D eigenvalue weighted by atomic mass is 10.1. The summed E-state index contributed by atoms with van der Waals surface area (Å²) in [6.07, 6.45) is 2.49. The lowest BCUT2D eigenvalue weighted by Gasteiger charge is -2.16. The van der Waals surface area contributed by atoms with Crippen molar-refractivity contribution in [3.05, 3.63) is 0 Å². The Morgan fingerprint density at radius 2 is 2.00 bits per heavy atom. The summed E-state index contributed by atoms with van der Waals surface area (Å²) >= 11 is 0. The van der Waals surface area contributed by atoms with Gasteiger partial charge in [0.1, 0.15) is 18.4 Å². The average molecular weight is 437 g/mol. The molecule has 0 aromatic rings. The molecule has 2 fully saturated rings. The van der Waals surface area contributed by atoms with Gasteiger partial charge in [-0.1, -0.05) is 6.92 Å². The fourth-order valence-electron chi connectivity index (χ4n) is 3.15. The molecule has 1 amide bonds. The zero-order chi connectivity index (χ0) is 21.3. The van der Waals surface area contributed by atoms with E-state index in [0.717, 1.165) is 32.5 Å². The molecule has 0 aromatic heterocycles. The SMILES string of the molecule is CCCS(=O)(=O)NC(CNC(=O)C1CC(CCCNC2NCCN2)ON1)C(=O)O. The van der Waals surface area contributed by atoms with Crippen LogP contribution in [0.25, 0.3) is 0 Å². The summed E-state index contributed by atoms with van der Waals surface area (Å²) in [7, 11) is -3.71. The molecule has 12 nitrogen and oxygen atoms in total. The van der Waals surface area contributed by atoms with Gasteiger partial charge in [-0.25, -0.2) is 8.42 Å². The monoisotopic (exact) mass is 436 g/mol. The normalized spacial score (nSPS) is 23.9. The van der Waals surface area contributed by atoms with Crippen molar-refractivity contribution in [1.29, 1.82) is 0 Å². The molecule has 0 radical (unpaired) electrons. The average Bonchev–Trinajstić information content (AvgIpc) is 3.33. The molecule has 0 aliphatic carbocycles. The molecular formula is C16H32N6O6S. The Morgan fingerprint density at radius 3 is 2.66 bits per heavy atom. The van der Waals surface area contributed by atoms with E-state index < -0.39 is 34.0 Å². The predicted molar refractivity (Wildman–Crippen MR) is 105 cm³/mol. The third kappa shape index (κ3) is 8.50. The van der Waals surface area contributed by atoms with Gasteiger partial charge in [0.2, 0.25) is 15.9 Å². The number of nitrogens with one attached hydrogen (secondary N) is 6. The molecule has 0 spiro atoms. The smallest absolute Gasteiger partial charge is 0.323 e. The number of hydrogen-bond acceptors (Lipinski definition) is 9. The predicted octanol–water partition coefficient (Wildman–Crippen LogP) is -2.61. The van der Waals surface area contributed by atoms with Crippen LogP contribution in [-0.2, 0) is 24.4 Å². The van der Waals surface area contributed by atoms with Crippen LogP contribution < -0.4 is 31.5 Å². The summed E-state index contributed by atoms with van der Waals surface area (Å²) in [6, 6.07) is -2.02. The number of hydroxylamine groups is 1. The highest BCUT2D eigenvalue weighted by molar-refractivity contribution is 7.89. The molecule has 13 heteroatoms. The van der Waals surface area contributed by atoms with Gasteiger partial charge in [-0.3, -0.25) is 30.4 Å². The van der Waals surface area contributed by atoms with E-state index in [2.05, 4.69) is 31.5 Å². The van der Waals surface area contributed by atoms with Crippen molar-refractivity contribution in [2.45, 2.75) is 57.1 Å². The Balaban J connectivity index is 1.67. The van der Waals surface area contributed by atoms with E-state index in [1.54, 1.807) is 6.92 Å². The first kappa shape index (κ1) is 23.9. The second-order valence-corrected chi connectivity index (χ2v) is 9.03. The third-order valence-corrected chi connectivity index (χ3v) is 6.23. The topological polar surface area (TPSA) is 170 Å². The molecule has 29 heavy (non-hydrogen) atoms. The maximum Gasteiger partial charge on any atom is 0.323 e. The highest BCUT2D eigenvalue weighted by Crippen LogP contribution is 2.15. The van der Waals surface area contributed by atoms with Crippen LogP contribution in [0.5, 0.6) is 0 Å². The Kier molecular flexibility index (Phi) is 9.68. The van der Waals surface area contributed by atoms with E-state index in [0.29, 0.717) is 12.8 Å². The van der Waals surface area contributed by atoms with Crippen molar-refractivity contribution in [1.82, 2.24) is 31.5 Å². The van der Waals surface area contributed by atoms with Crippen LogP contribution in [0.2, 0.25) is 0 Å². The van der Waals surface area contributed by atoms with Crippen LogP contribution in [0.1, 0.15) is 32.6 Å². The fourth-order valence-corrected chi connectivity index (χ4v) is 4.42. The minimum Gasteiger partial charge on any atom is -0.480 e. The largest absolute Gasteiger partial charge is 0.480 e. The van der Waals surface area contributed by atoms with Gasteiger partial charge in [-0.05, 0) is 25.8 Å². The summed E-state index contributed by atoms with van der Waals surface area (Å²) in [5.74, 6) is -1.95. The van der Waals surface area contributed by atoms with Gasteiger partial charge in [0.05, 0.1) is 11.9 Å². The quantitative estimate of drug-likeness (QED) is 0.152. The maximum absolute atomic E-state index is 12.3. The summed E-state index contributed by atoms with van der Waals surface area (Å²) < 4.78 is 25.6. The van der Waals surface area contributed by atoms with Crippen LogP contribution in [0.3, 0.4) is 0 Å². The highest BCUT2D eigenvalue weighted by atomic mass is 32.2. The first-order chi connectivity index (χ1) is 13.8. The van der Waals surface area contributed by atoms with Crippen molar-refractivity contribution < 1.29 is 28.0 Å². The number of carboxylic acids is 1. The zero-order valence-electron chi connectivity index (χ0n) is 16.6. The van der Waals surface area contributed by atoms with Crippen LogP contribution in [-0.4, -0.2) is 81.8 Å². The Bertz CT molecular complexity index is 642. The lowest BCUT2D eigenvalue weighted by Crippen LogP contribution is -2.51. The van der Waals surface area contributed by atoms with Crippen LogP contribution in [0.15, 0.2) is 0 Å². The molecule has 2 heterocycles. The first-order valence-electron chi connectivity index (χ1n) is 9.92. The number of hydrogen-bond donors (Lipinski definition) is 7. The number of aliphatic carboxylic acids is 1. The first-order valence-corrected chi connectivity index (χ1v) is 11.6. The number of carbonyl (C=O) groups excluding carboxylic acids is 1. The van der Waals surface area contributed by atoms with Crippen molar-refractivity contribution in [2.75, 3.05) is 31.9 Å². The highest BCUT2D eigenvalue weighted by Gasteiger charge is 2.32. The number of amides is 1. The van der Waals surface area contributed by atoms with Gasteiger partial charge in [0.15, 0.2) is 0 Å². The van der Waals surface area contributed by atoms with E-state index in [1.807, 2.05) is 0 Å². The van der Waals surface area contributed by atoms with Crippen molar-refractivity contribution in [2.24, 2.45) is 0 Å². The molecular weight excluding hydrogens is 404 g/mol. The van der Waals surface area contributed by atoms with E-state index in [4.69, 9.17) is 4.84 Å². The Labute approximate surface area is 170 Å². The zero-order valence-corrected chi connectivity index (χ0v) is 17.4. The number of carbonyl (C=O) groups is 2. The minimum atomic E-state index is -3.71. The molecule has 0 bridgehead atoms. The van der Waals surface area contributed by atoms with E-state index >= 15 is 0 Å². The molecule has 2 rings (SSSR count). The van der Waals surface area contributed by atoms with Gasteiger partial charge in [0.25, 0.3) is 0 Å². The van der Waals surface area contributed by atoms with Crippen molar-refractivity contribution in [3.63, 3.8) is 0 Å². The van der Waals surface area contributed by atoms with Crippen LogP contribution in [0, 0.1) is 0 Å². The maximum atomic E-state index is 12.3. The van der Waals surface area contributed by atoms with Gasteiger partial charge in [-0.2, -0.15) is 10.2 Å². The lowest BCUT2D eigenvalue weighted by molar-refractivity contribution is -0.139. The molecule has 0 aromatic carbocycles. The van der Waals surface area contributed by atoms with Gasteiger partial charge >= 0.3 is 5.97 Å². The second-order valence-electron chi connectivity index (χ2n) is 7.16. The number of rotatable bonds is 13. The summed E-state index contributed by atoms with van der Waals surface area (Å²) in [5, 5.41) is 21.5. The van der Waals surface area contributed by atoms with E-state index in [-0.39, 0.29) is 24.7 Å². The molecule has 3 atom stereocenters. The van der Waals surface area contributed by atoms with Crippen LogP contribution >= 0.6 is 0 Å². The Morgan fingerprint density at radius 1 is 1.28 bits per heavy atom. The fraction of sp³-hybridized carbons (Fsp3) is 0.875. The second kappa shape index (κ2) is 11.7. The molecule has 0 saturated carbocycles. The van der Waals surface area contributed by atoms with Crippen LogP contribution in [0.4, 0.5) is 0 Å².